The van der Waals surface area contributed by atoms with E-state index < -0.39 is 6.10 Å². The van der Waals surface area contributed by atoms with Gasteiger partial charge in [0.25, 0.3) is 5.91 Å². The van der Waals surface area contributed by atoms with Gasteiger partial charge >= 0.3 is 0 Å². The molecule has 1 atom stereocenters. The number of hydrogen-bond acceptors (Lipinski definition) is 4. The molecule has 0 aliphatic rings. The number of carbonyl (C=O) groups excluding carboxylic acids is 1. The van der Waals surface area contributed by atoms with Crippen LogP contribution in [0.3, 0.4) is 0 Å². The fraction of sp³-hybridized carbons (Fsp3) is 0.0909. The summed E-state index contributed by atoms with van der Waals surface area (Å²) in [7, 11) is 0. The molecule has 0 bridgehead atoms. The highest BCUT2D eigenvalue weighted by Crippen LogP contribution is 2.33. The van der Waals surface area contributed by atoms with Crippen molar-refractivity contribution < 1.29 is 13.9 Å². The van der Waals surface area contributed by atoms with Gasteiger partial charge in [-0.15, -0.1) is 0 Å². The van der Waals surface area contributed by atoms with Crippen molar-refractivity contribution in [1.29, 1.82) is 0 Å². The highest BCUT2D eigenvalue weighted by Gasteiger charge is 2.18. The maximum Gasteiger partial charge on any atom is 0.265 e. The van der Waals surface area contributed by atoms with E-state index in [2.05, 4.69) is 10.3 Å². The average molecular weight is 496 g/mol. The van der Waals surface area contributed by atoms with E-state index in [1.165, 1.54) is 0 Å². The number of oxazole rings is 1. The highest BCUT2D eigenvalue weighted by atomic mass is 35.5. The van der Waals surface area contributed by atoms with Gasteiger partial charge in [-0.05, 0) is 61.5 Å². The van der Waals surface area contributed by atoms with Gasteiger partial charge in [0.05, 0.1) is 15.6 Å². The molecular formula is C22H14Cl4N2O3. The number of amides is 1. The van der Waals surface area contributed by atoms with Crippen LogP contribution in [0.2, 0.25) is 20.1 Å². The van der Waals surface area contributed by atoms with Crippen LogP contribution >= 0.6 is 46.4 Å². The Morgan fingerprint density at radius 1 is 0.968 bits per heavy atom. The molecule has 9 heteroatoms. The van der Waals surface area contributed by atoms with Gasteiger partial charge in [0.15, 0.2) is 11.7 Å². The quantitative estimate of drug-likeness (QED) is 0.311. The number of nitrogens with zero attached hydrogens (tertiary/aromatic N) is 1. The molecule has 158 valence electrons. The third kappa shape index (κ3) is 4.91. The summed E-state index contributed by atoms with van der Waals surface area (Å²) in [5.74, 6) is 0.301. The first-order chi connectivity index (χ1) is 14.8. The number of halogens is 4. The van der Waals surface area contributed by atoms with Crippen LogP contribution in [-0.2, 0) is 4.79 Å². The lowest BCUT2D eigenvalue weighted by Gasteiger charge is -2.16. The van der Waals surface area contributed by atoms with Crippen molar-refractivity contribution in [1.82, 2.24) is 4.98 Å². The molecule has 31 heavy (non-hydrogen) atoms. The van der Waals surface area contributed by atoms with Crippen molar-refractivity contribution >= 4 is 69.1 Å². The van der Waals surface area contributed by atoms with Gasteiger partial charge in [-0.1, -0.05) is 46.4 Å². The Balaban J connectivity index is 1.54. The number of carbonyl (C=O) groups is 1. The van der Waals surface area contributed by atoms with Gasteiger partial charge in [0, 0.05) is 15.7 Å². The highest BCUT2D eigenvalue weighted by molar-refractivity contribution is 6.35. The molecule has 0 aliphatic carbocycles. The van der Waals surface area contributed by atoms with E-state index in [4.69, 9.17) is 55.6 Å². The monoisotopic (exact) mass is 494 g/mol. The molecule has 5 nitrogen and oxygen atoms in total. The van der Waals surface area contributed by atoms with Crippen molar-refractivity contribution in [2.45, 2.75) is 13.0 Å². The normalized spacial score (nSPS) is 12.0. The van der Waals surface area contributed by atoms with Gasteiger partial charge in [-0.25, -0.2) is 4.98 Å². The first-order valence-electron chi connectivity index (χ1n) is 9.09. The van der Waals surface area contributed by atoms with Crippen LogP contribution in [0.1, 0.15) is 6.92 Å². The van der Waals surface area contributed by atoms with Gasteiger partial charge in [-0.3, -0.25) is 4.79 Å². The van der Waals surface area contributed by atoms with E-state index in [0.717, 1.165) is 0 Å². The van der Waals surface area contributed by atoms with E-state index in [9.17, 15) is 4.79 Å². The number of ether oxygens (including phenoxy) is 1. The van der Waals surface area contributed by atoms with Crippen LogP contribution < -0.4 is 10.1 Å². The summed E-state index contributed by atoms with van der Waals surface area (Å²) in [6, 6.07) is 14.9. The molecule has 0 aliphatic heterocycles. The minimum Gasteiger partial charge on any atom is -0.479 e. The van der Waals surface area contributed by atoms with Gasteiger partial charge in [-0.2, -0.15) is 0 Å². The second-order valence-electron chi connectivity index (χ2n) is 6.65. The van der Waals surface area contributed by atoms with E-state index in [-0.39, 0.29) is 5.91 Å². The number of rotatable bonds is 5. The molecule has 3 aromatic carbocycles. The Bertz CT molecular complexity index is 1290. The van der Waals surface area contributed by atoms with E-state index in [0.29, 0.717) is 54.1 Å². The van der Waals surface area contributed by atoms with Crippen molar-refractivity contribution in [2.24, 2.45) is 0 Å². The second kappa shape index (κ2) is 8.97. The summed E-state index contributed by atoms with van der Waals surface area (Å²) in [5.41, 5.74) is 2.21. The zero-order valence-electron chi connectivity index (χ0n) is 16.0. The molecule has 1 unspecified atom stereocenters. The minimum atomic E-state index is -0.815. The van der Waals surface area contributed by atoms with Crippen LogP contribution in [0.15, 0.2) is 59.0 Å². The number of nitrogens with one attached hydrogen (secondary N) is 1. The number of fused-ring (bicyclic) bond motifs is 1. The smallest absolute Gasteiger partial charge is 0.265 e. The zero-order valence-corrected chi connectivity index (χ0v) is 19.0. The fourth-order valence-electron chi connectivity index (χ4n) is 2.84. The molecule has 4 rings (SSSR count). The Labute approximate surface area is 197 Å². The van der Waals surface area contributed by atoms with Gasteiger partial charge in [0.2, 0.25) is 5.89 Å². The molecule has 1 heterocycles. The molecule has 0 saturated carbocycles. The van der Waals surface area contributed by atoms with Crippen LogP contribution in [0.5, 0.6) is 5.75 Å². The lowest BCUT2D eigenvalue weighted by atomic mass is 10.2. The van der Waals surface area contributed by atoms with E-state index >= 15 is 0 Å². The van der Waals surface area contributed by atoms with E-state index in [1.807, 2.05) is 0 Å². The predicted molar refractivity (Wildman–Crippen MR) is 125 cm³/mol. The first kappa shape index (κ1) is 21.8. The molecule has 1 aromatic heterocycles. The molecule has 0 radical (unpaired) electrons. The fourth-order valence-corrected chi connectivity index (χ4v) is 3.66. The summed E-state index contributed by atoms with van der Waals surface area (Å²) < 4.78 is 11.4. The predicted octanol–water partition coefficient (Wildman–Crippen LogP) is 7.51. The van der Waals surface area contributed by atoms with Gasteiger partial charge < -0.3 is 14.5 Å². The molecule has 4 aromatic rings. The third-order valence-corrected chi connectivity index (χ3v) is 5.48. The summed E-state index contributed by atoms with van der Waals surface area (Å²) >= 11 is 24.3. The zero-order chi connectivity index (χ0) is 22.1. The van der Waals surface area contributed by atoms with Crippen LogP contribution in [0.4, 0.5) is 5.69 Å². The Morgan fingerprint density at radius 3 is 2.48 bits per heavy atom. The SMILES string of the molecule is CC(Oc1ccc(Cl)cc1Cl)C(=O)Nc1ccc(Cl)c(-c2nc3cc(Cl)ccc3o2)c1. The Morgan fingerprint density at radius 2 is 1.71 bits per heavy atom. The molecule has 0 fully saturated rings. The average Bonchev–Trinajstić information content (AvgIpc) is 3.14. The van der Waals surface area contributed by atoms with Crippen molar-refractivity contribution in [3.8, 4) is 17.2 Å². The van der Waals surface area contributed by atoms with Gasteiger partial charge in [0.1, 0.15) is 11.3 Å². The molecule has 0 saturated heterocycles. The van der Waals surface area contributed by atoms with Crippen molar-refractivity contribution in [2.75, 3.05) is 5.32 Å². The second-order valence-corrected chi connectivity index (χ2v) is 8.34. The number of benzene rings is 3. The van der Waals surface area contributed by atoms with Crippen molar-refractivity contribution in [3.05, 3.63) is 74.7 Å². The lowest BCUT2D eigenvalue weighted by molar-refractivity contribution is -0.122. The molecular weight excluding hydrogens is 482 g/mol. The minimum absolute atomic E-state index is 0.315. The number of anilines is 1. The molecule has 0 spiro atoms. The maximum absolute atomic E-state index is 12.6. The first-order valence-corrected chi connectivity index (χ1v) is 10.6. The van der Waals surface area contributed by atoms with Crippen LogP contribution in [0, 0.1) is 0 Å². The summed E-state index contributed by atoms with van der Waals surface area (Å²) in [4.78, 5) is 17.0. The van der Waals surface area contributed by atoms with Crippen molar-refractivity contribution in [3.63, 3.8) is 0 Å². The standard InChI is InChI=1S/C22H14Cl4N2O3/c1-11(30-19-6-2-12(23)8-17(19)26)21(29)27-14-4-5-16(25)15(10-14)22-28-18-9-13(24)3-7-20(18)31-22/h2-11H,1H3,(H,27,29). The molecule has 1 N–H and O–H groups in total. The summed E-state index contributed by atoms with van der Waals surface area (Å²) in [6.07, 6.45) is -0.815. The topological polar surface area (TPSA) is 64.4 Å². The lowest BCUT2D eigenvalue weighted by Crippen LogP contribution is -2.30. The number of hydrogen-bond donors (Lipinski definition) is 1. The summed E-state index contributed by atoms with van der Waals surface area (Å²) in [6.45, 7) is 1.61. The van der Waals surface area contributed by atoms with E-state index in [1.54, 1.807) is 61.5 Å². The summed E-state index contributed by atoms with van der Waals surface area (Å²) in [5, 5.41) is 4.56. The largest absolute Gasteiger partial charge is 0.479 e. The van der Waals surface area contributed by atoms with Crippen LogP contribution in [-0.4, -0.2) is 17.0 Å². The maximum atomic E-state index is 12.6. The van der Waals surface area contributed by atoms with Crippen LogP contribution in [0.25, 0.3) is 22.6 Å². The Kier molecular flexibility index (Phi) is 6.30. The number of aromatic nitrogens is 1. The third-order valence-electron chi connectivity index (χ3n) is 4.38. The Hall–Kier alpha value is -2.44. The molecule has 1 amide bonds.